The highest BCUT2D eigenvalue weighted by molar-refractivity contribution is 5.82. The molecule has 0 radical (unpaired) electrons. The Morgan fingerprint density at radius 3 is 2.70 bits per heavy atom. The number of carbonyl (C=O) groups is 1. The van der Waals surface area contributed by atoms with Crippen LogP contribution in [0.3, 0.4) is 0 Å². The average Bonchev–Trinajstić information content (AvgIpc) is 2.51. The molecule has 1 aliphatic carbocycles. The van der Waals surface area contributed by atoms with E-state index in [0.29, 0.717) is 29.6 Å². The standard InChI is InChI=1S/C17H21N3O3/c1-12(21)19-20-15(11-17(23)9-5-2-6-10-17)18-14-8-4-3-7-13(14)16(20)22/h3-4,7-8,23H,2,5-6,9-11H2,1H3,(H,19,21). The molecular weight excluding hydrogens is 294 g/mol. The van der Waals surface area contributed by atoms with E-state index in [-0.39, 0.29) is 17.9 Å². The fraction of sp³-hybridized carbons (Fsp3) is 0.471. The lowest BCUT2D eigenvalue weighted by molar-refractivity contribution is -0.115. The number of aromatic nitrogens is 2. The lowest BCUT2D eigenvalue weighted by atomic mass is 9.82. The van der Waals surface area contributed by atoms with Crippen LogP contribution in [-0.4, -0.2) is 26.3 Å². The number of hydrogen-bond donors (Lipinski definition) is 2. The lowest BCUT2D eigenvalue weighted by Crippen LogP contribution is -2.40. The molecule has 6 heteroatoms. The molecular formula is C17H21N3O3. The van der Waals surface area contributed by atoms with Gasteiger partial charge in [-0.2, -0.15) is 0 Å². The van der Waals surface area contributed by atoms with Gasteiger partial charge in [-0.05, 0) is 25.0 Å². The second-order valence-corrected chi connectivity index (χ2v) is 6.32. The third-order valence-electron chi connectivity index (χ3n) is 4.39. The molecule has 2 N–H and O–H groups in total. The summed E-state index contributed by atoms with van der Waals surface area (Å²) in [7, 11) is 0. The van der Waals surface area contributed by atoms with Crippen LogP contribution in [0.25, 0.3) is 10.9 Å². The van der Waals surface area contributed by atoms with Crippen molar-refractivity contribution in [2.45, 2.75) is 51.0 Å². The third kappa shape index (κ3) is 3.27. The summed E-state index contributed by atoms with van der Waals surface area (Å²) >= 11 is 0. The normalized spacial score (nSPS) is 17.1. The maximum absolute atomic E-state index is 12.7. The van der Waals surface area contributed by atoms with Gasteiger partial charge in [0.15, 0.2) is 0 Å². The predicted molar refractivity (Wildman–Crippen MR) is 87.8 cm³/mol. The SMILES string of the molecule is CC(=O)Nn1c(CC2(O)CCCCC2)nc2ccccc2c1=O. The Balaban J connectivity index is 2.09. The van der Waals surface area contributed by atoms with Crippen molar-refractivity contribution in [3.05, 3.63) is 40.4 Å². The monoisotopic (exact) mass is 315 g/mol. The van der Waals surface area contributed by atoms with Crippen LogP contribution in [0, 0.1) is 0 Å². The molecule has 1 fully saturated rings. The third-order valence-corrected chi connectivity index (χ3v) is 4.39. The Bertz CT molecular complexity index is 791. The molecule has 0 atom stereocenters. The van der Waals surface area contributed by atoms with Crippen LogP contribution < -0.4 is 11.0 Å². The first-order valence-electron chi connectivity index (χ1n) is 7.99. The number of nitrogens with zero attached hydrogens (tertiary/aromatic N) is 2. The first-order valence-corrected chi connectivity index (χ1v) is 7.99. The molecule has 0 bridgehead atoms. The number of benzene rings is 1. The number of fused-ring (bicyclic) bond motifs is 1. The molecule has 6 nitrogen and oxygen atoms in total. The van der Waals surface area contributed by atoms with Gasteiger partial charge in [-0.3, -0.25) is 15.0 Å². The summed E-state index contributed by atoms with van der Waals surface area (Å²) in [6, 6.07) is 7.03. The molecule has 0 aliphatic heterocycles. The van der Waals surface area contributed by atoms with Crippen molar-refractivity contribution in [2.24, 2.45) is 0 Å². The van der Waals surface area contributed by atoms with E-state index in [2.05, 4.69) is 10.4 Å². The highest BCUT2D eigenvalue weighted by Gasteiger charge is 2.31. The minimum Gasteiger partial charge on any atom is -0.389 e. The minimum atomic E-state index is -0.861. The van der Waals surface area contributed by atoms with Gasteiger partial charge in [0, 0.05) is 13.3 Å². The smallest absolute Gasteiger partial charge is 0.280 e. The molecule has 1 aliphatic rings. The average molecular weight is 315 g/mol. The second-order valence-electron chi connectivity index (χ2n) is 6.32. The van der Waals surface area contributed by atoms with Gasteiger partial charge < -0.3 is 5.11 Å². The zero-order chi connectivity index (χ0) is 16.4. The van der Waals surface area contributed by atoms with Crippen molar-refractivity contribution in [1.29, 1.82) is 0 Å². The van der Waals surface area contributed by atoms with Crippen LogP contribution in [0.5, 0.6) is 0 Å². The van der Waals surface area contributed by atoms with Gasteiger partial charge in [-0.15, -0.1) is 0 Å². The predicted octanol–water partition coefficient (Wildman–Crippen LogP) is 1.72. The topological polar surface area (TPSA) is 84.2 Å². The number of carbonyl (C=O) groups excluding carboxylic acids is 1. The lowest BCUT2D eigenvalue weighted by Gasteiger charge is -2.32. The zero-order valence-electron chi connectivity index (χ0n) is 13.2. The van der Waals surface area contributed by atoms with Gasteiger partial charge in [0.2, 0.25) is 5.91 Å². The first-order chi connectivity index (χ1) is 11.0. The summed E-state index contributed by atoms with van der Waals surface area (Å²) < 4.78 is 1.18. The summed E-state index contributed by atoms with van der Waals surface area (Å²) in [6.07, 6.45) is 4.69. The molecule has 1 amide bonds. The Labute approximate surface area is 134 Å². The van der Waals surface area contributed by atoms with Crippen LogP contribution >= 0.6 is 0 Å². The van der Waals surface area contributed by atoms with E-state index in [1.165, 1.54) is 11.6 Å². The van der Waals surface area contributed by atoms with Crippen LogP contribution in [0.4, 0.5) is 0 Å². The maximum Gasteiger partial charge on any atom is 0.280 e. The van der Waals surface area contributed by atoms with Crippen LogP contribution in [0.15, 0.2) is 29.1 Å². The van der Waals surface area contributed by atoms with E-state index in [1.54, 1.807) is 18.2 Å². The van der Waals surface area contributed by atoms with Crippen LogP contribution in [-0.2, 0) is 11.2 Å². The van der Waals surface area contributed by atoms with Gasteiger partial charge in [-0.25, -0.2) is 9.66 Å². The molecule has 1 aromatic heterocycles. The van der Waals surface area contributed by atoms with Crippen molar-refractivity contribution < 1.29 is 9.90 Å². The summed E-state index contributed by atoms with van der Waals surface area (Å²) in [6.45, 7) is 1.35. The van der Waals surface area contributed by atoms with Crippen molar-refractivity contribution in [3.8, 4) is 0 Å². The van der Waals surface area contributed by atoms with Crippen molar-refractivity contribution in [3.63, 3.8) is 0 Å². The highest BCUT2D eigenvalue weighted by Crippen LogP contribution is 2.30. The molecule has 2 aromatic rings. The van der Waals surface area contributed by atoms with Crippen molar-refractivity contribution in [2.75, 3.05) is 5.43 Å². The largest absolute Gasteiger partial charge is 0.389 e. The second kappa shape index (κ2) is 6.12. The molecule has 3 rings (SSSR count). The number of hydrogen-bond acceptors (Lipinski definition) is 4. The zero-order valence-corrected chi connectivity index (χ0v) is 13.2. The quantitative estimate of drug-likeness (QED) is 0.903. The Kier molecular flexibility index (Phi) is 4.17. The van der Waals surface area contributed by atoms with E-state index in [0.717, 1.165) is 19.3 Å². The number of nitrogens with one attached hydrogen (secondary N) is 1. The van der Waals surface area contributed by atoms with Crippen molar-refractivity contribution >= 4 is 16.8 Å². The minimum absolute atomic E-state index is 0.257. The molecule has 0 spiro atoms. The Morgan fingerprint density at radius 2 is 2.00 bits per heavy atom. The summed E-state index contributed by atoms with van der Waals surface area (Å²) in [4.78, 5) is 28.6. The van der Waals surface area contributed by atoms with Crippen LogP contribution in [0.1, 0.15) is 44.9 Å². The van der Waals surface area contributed by atoms with Crippen molar-refractivity contribution in [1.82, 2.24) is 9.66 Å². The van der Waals surface area contributed by atoms with Gasteiger partial charge in [0.1, 0.15) is 5.82 Å². The fourth-order valence-corrected chi connectivity index (χ4v) is 3.25. The summed E-state index contributed by atoms with van der Waals surface area (Å²) in [5.74, 6) is 0.0503. The van der Waals surface area contributed by atoms with Gasteiger partial charge in [-0.1, -0.05) is 31.4 Å². The van der Waals surface area contributed by atoms with Gasteiger partial charge in [0.05, 0.1) is 16.5 Å². The number of rotatable bonds is 3. The Morgan fingerprint density at radius 1 is 1.30 bits per heavy atom. The maximum atomic E-state index is 12.7. The van der Waals surface area contributed by atoms with E-state index >= 15 is 0 Å². The van der Waals surface area contributed by atoms with E-state index in [1.807, 2.05) is 6.07 Å². The highest BCUT2D eigenvalue weighted by atomic mass is 16.3. The molecule has 1 aromatic carbocycles. The molecule has 0 unspecified atom stereocenters. The molecule has 1 saturated carbocycles. The fourth-order valence-electron chi connectivity index (χ4n) is 3.25. The molecule has 23 heavy (non-hydrogen) atoms. The van der Waals surface area contributed by atoms with Crippen LogP contribution in [0.2, 0.25) is 0 Å². The first kappa shape index (κ1) is 15.7. The van der Waals surface area contributed by atoms with Gasteiger partial charge >= 0.3 is 0 Å². The summed E-state index contributed by atoms with van der Waals surface area (Å²) in [5.41, 5.74) is 1.93. The Hall–Kier alpha value is -2.21. The molecule has 0 saturated heterocycles. The molecule has 1 heterocycles. The summed E-state index contributed by atoms with van der Waals surface area (Å²) in [5, 5.41) is 11.2. The number of aliphatic hydroxyl groups is 1. The van der Waals surface area contributed by atoms with Gasteiger partial charge in [0.25, 0.3) is 5.56 Å². The van der Waals surface area contributed by atoms with E-state index in [4.69, 9.17) is 0 Å². The van der Waals surface area contributed by atoms with E-state index < -0.39 is 5.60 Å². The number of amides is 1. The van der Waals surface area contributed by atoms with E-state index in [9.17, 15) is 14.7 Å². The molecule has 122 valence electrons. The number of para-hydroxylation sites is 1.